The Morgan fingerprint density at radius 3 is 2.65 bits per heavy atom. The minimum absolute atomic E-state index is 0.0490. The first kappa shape index (κ1) is 15.8. The van der Waals surface area contributed by atoms with Crippen molar-refractivity contribution in [3.63, 3.8) is 0 Å². The van der Waals surface area contributed by atoms with Gasteiger partial charge in [-0.15, -0.1) is 0 Å². The summed E-state index contributed by atoms with van der Waals surface area (Å²) in [7, 11) is 0. The van der Waals surface area contributed by atoms with Gasteiger partial charge in [0, 0.05) is 37.2 Å². The number of carbonyl (C=O) groups is 2. The average molecular weight is 315 g/mol. The quantitative estimate of drug-likeness (QED) is 0.821. The van der Waals surface area contributed by atoms with Crippen LogP contribution < -0.4 is 15.5 Å². The molecule has 5 nitrogen and oxygen atoms in total. The van der Waals surface area contributed by atoms with Gasteiger partial charge in [-0.1, -0.05) is 31.5 Å². The molecule has 1 heterocycles. The van der Waals surface area contributed by atoms with Gasteiger partial charge >= 0.3 is 6.03 Å². The molecule has 0 unspecified atom stereocenters. The topological polar surface area (TPSA) is 61.4 Å². The van der Waals surface area contributed by atoms with E-state index in [1.807, 2.05) is 23.1 Å². The van der Waals surface area contributed by atoms with Gasteiger partial charge in [0.25, 0.3) is 0 Å². The van der Waals surface area contributed by atoms with Crippen molar-refractivity contribution in [1.82, 2.24) is 10.6 Å². The zero-order valence-electron chi connectivity index (χ0n) is 13.7. The van der Waals surface area contributed by atoms with E-state index in [1.54, 1.807) is 0 Å². The summed E-state index contributed by atoms with van der Waals surface area (Å²) >= 11 is 0. The number of amides is 3. The predicted molar refractivity (Wildman–Crippen MR) is 90.6 cm³/mol. The van der Waals surface area contributed by atoms with Crippen LogP contribution in [0.15, 0.2) is 24.3 Å². The number of rotatable bonds is 5. The Morgan fingerprint density at radius 2 is 1.91 bits per heavy atom. The molecule has 1 atom stereocenters. The lowest BCUT2D eigenvalue weighted by molar-refractivity contribution is -0.127. The summed E-state index contributed by atoms with van der Waals surface area (Å²) in [5, 5.41) is 5.90. The molecule has 0 aromatic heterocycles. The Balaban J connectivity index is 1.39. The highest BCUT2D eigenvalue weighted by atomic mass is 16.2. The Morgan fingerprint density at radius 1 is 1.17 bits per heavy atom. The summed E-state index contributed by atoms with van der Waals surface area (Å²) in [6.07, 6.45) is 3.98. The fourth-order valence-corrected chi connectivity index (χ4v) is 3.22. The first-order chi connectivity index (χ1) is 11.2. The Kier molecular flexibility index (Phi) is 4.84. The monoisotopic (exact) mass is 315 g/mol. The molecule has 1 aliphatic carbocycles. The number of hydrogen-bond donors (Lipinski definition) is 2. The number of urea groups is 1. The van der Waals surface area contributed by atoms with Crippen molar-refractivity contribution in [2.45, 2.75) is 38.5 Å². The number of benzene rings is 1. The van der Waals surface area contributed by atoms with Gasteiger partial charge in [0.2, 0.25) is 5.91 Å². The van der Waals surface area contributed by atoms with Crippen LogP contribution in [0.25, 0.3) is 0 Å². The Bertz CT molecular complexity index is 583. The molecule has 3 amide bonds. The number of hydrogen-bond acceptors (Lipinski definition) is 2. The standard InChI is InChI=1S/C18H25N3O2/c1-13-12-21(16-9-3-2-8-15(13)16)18(23)20-11-5-10-19-17(22)14-6-4-7-14/h2-3,8-9,13-14H,4-7,10-12H2,1H3,(H,19,22)(H,20,23)/t13-/m0/s1. The van der Waals surface area contributed by atoms with Gasteiger partial charge in [-0.3, -0.25) is 9.69 Å². The van der Waals surface area contributed by atoms with Crippen LogP contribution in [0, 0.1) is 5.92 Å². The number of carbonyl (C=O) groups excluding carboxylic acids is 2. The molecule has 1 aromatic rings. The van der Waals surface area contributed by atoms with Gasteiger partial charge in [0.05, 0.1) is 0 Å². The third-order valence-electron chi connectivity index (χ3n) is 4.87. The van der Waals surface area contributed by atoms with Crippen LogP contribution in [0.2, 0.25) is 0 Å². The lowest BCUT2D eigenvalue weighted by Crippen LogP contribution is -2.41. The SMILES string of the molecule is C[C@H]1CN(C(=O)NCCCNC(=O)C2CCC2)c2ccccc21. The van der Waals surface area contributed by atoms with Crippen molar-refractivity contribution in [3.05, 3.63) is 29.8 Å². The fraction of sp³-hybridized carbons (Fsp3) is 0.556. The van der Waals surface area contributed by atoms with E-state index in [2.05, 4.69) is 23.6 Å². The summed E-state index contributed by atoms with van der Waals surface area (Å²) < 4.78 is 0. The highest BCUT2D eigenvalue weighted by Crippen LogP contribution is 2.35. The number of fused-ring (bicyclic) bond motifs is 1. The third-order valence-corrected chi connectivity index (χ3v) is 4.87. The molecular weight excluding hydrogens is 290 g/mol. The molecule has 0 bridgehead atoms. The zero-order chi connectivity index (χ0) is 16.2. The molecule has 2 N–H and O–H groups in total. The minimum Gasteiger partial charge on any atom is -0.356 e. The van der Waals surface area contributed by atoms with Gasteiger partial charge < -0.3 is 10.6 Å². The zero-order valence-corrected chi connectivity index (χ0v) is 13.7. The molecule has 1 aromatic carbocycles. The van der Waals surface area contributed by atoms with E-state index in [0.29, 0.717) is 19.0 Å². The van der Waals surface area contributed by atoms with Crippen molar-refractivity contribution >= 4 is 17.6 Å². The molecular formula is C18H25N3O2. The summed E-state index contributed by atoms with van der Waals surface area (Å²) in [6, 6.07) is 8.02. The van der Waals surface area contributed by atoms with Crippen LogP contribution >= 0.6 is 0 Å². The van der Waals surface area contributed by atoms with E-state index < -0.39 is 0 Å². The van der Waals surface area contributed by atoms with E-state index in [-0.39, 0.29) is 17.9 Å². The van der Waals surface area contributed by atoms with Crippen molar-refractivity contribution in [1.29, 1.82) is 0 Å². The number of anilines is 1. The number of nitrogens with one attached hydrogen (secondary N) is 2. The van der Waals surface area contributed by atoms with Gasteiger partial charge in [-0.05, 0) is 30.9 Å². The molecule has 1 fully saturated rings. The normalized spacial score (nSPS) is 19.9. The van der Waals surface area contributed by atoms with Gasteiger partial charge in [-0.25, -0.2) is 4.79 Å². The molecule has 3 rings (SSSR count). The van der Waals surface area contributed by atoms with E-state index >= 15 is 0 Å². The van der Waals surface area contributed by atoms with Crippen LogP contribution in [-0.2, 0) is 4.79 Å². The molecule has 0 saturated heterocycles. The number of nitrogens with zero attached hydrogens (tertiary/aromatic N) is 1. The summed E-state index contributed by atoms with van der Waals surface area (Å²) in [6.45, 7) is 4.07. The molecule has 5 heteroatoms. The molecule has 1 saturated carbocycles. The Hall–Kier alpha value is -2.04. The van der Waals surface area contributed by atoms with E-state index in [0.717, 1.165) is 31.5 Å². The van der Waals surface area contributed by atoms with Crippen molar-refractivity contribution < 1.29 is 9.59 Å². The van der Waals surface area contributed by atoms with E-state index in [9.17, 15) is 9.59 Å². The largest absolute Gasteiger partial charge is 0.356 e. The van der Waals surface area contributed by atoms with Crippen LogP contribution in [-0.4, -0.2) is 31.6 Å². The van der Waals surface area contributed by atoms with Crippen molar-refractivity contribution in [3.8, 4) is 0 Å². The van der Waals surface area contributed by atoms with Crippen molar-refractivity contribution in [2.24, 2.45) is 5.92 Å². The minimum atomic E-state index is -0.0490. The second-order valence-electron chi connectivity index (χ2n) is 6.57. The molecule has 0 radical (unpaired) electrons. The molecule has 23 heavy (non-hydrogen) atoms. The number of para-hydroxylation sites is 1. The second-order valence-corrected chi connectivity index (χ2v) is 6.57. The molecule has 124 valence electrons. The van der Waals surface area contributed by atoms with Crippen LogP contribution in [0.1, 0.15) is 44.1 Å². The fourth-order valence-electron chi connectivity index (χ4n) is 3.22. The maximum absolute atomic E-state index is 12.3. The molecule has 0 spiro atoms. The summed E-state index contributed by atoms with van der Waals surface area (Å²) in [4.78, 5) is 25.9. The smallest absolute Gasteiger partial charge is 0.321 e. The van der Waals surface area contributed by atoms with E-state index in [4.69, 9.17) is 0 Å². The lowest BCUT2D eigenvalue weighted by Gasteiger charge is -2.24. The van der Waals surface area contributed by atoms with Crippen LogP contribution in [0.3, 0.4) is 0 Å². The predicted octanol–water partition coefficient (Wildman–Crippen LogP) is 2.63. The molecule has 2 aliphatic rings. The van der Waals surface area contributed by atoms with Crippen LogP contribution in [0.5, 0.6) is 0 Å². The first-order valence-electron chi connectivity index (χ1n) is 8.59. The first-order valence-corrected chi connectivity index (χ1v) is 8.59. The highest BCUT2D eigenvalue weighted by Gasteiger charge is 2.29. The molecule has 1 aliphatic heterocycles. The highest BCUT2D eigenvalue weighted by molar-refractivity contribution is 5.94. The summed E-state index contributed by atoms with van der Waals surface area (Å²) in [5.74, 6) is 0.774. The van der Waals surface area contributed by atoms with Crippen molar-refractivity contribution in [2.75, 3.05) is 24.5 Å². The second kappa shape index (κ2) is 7.02. The Labute approximate surface area is 137 Å². The average Bonchev–Trinajstić information content (AvgIpc) is 2.83. The maximum Gasteiger partial charge on any atom is 0.321 e. The maximum atomic E-state index is 12.3. The third kappa shape index (κ3) is 3.49. The van der Waals surface area contributed by atoms with Gasteiger partial charge in [0.15, 0.2) is 0 Å². The lowest BCUT2D eigenvalue weighted by atomic mass is 9.85. The van der Waals surface area contributed by atoms with Gasteiger partial charge in [0.1, 0.15) is 0 Å². The van der Waals surface area contributed by atoms with Gasteiger partial charge in [-0.2, -0.15) is 0 Å². The van der Waals surface area contributed by atoms with Crippen LogP contribution in [0.4, 0.5) is 10.5 Å². The van der Waals surface area contributed by atoms with E-state index in [1.165, 1.54) is 12.0 Å². The summed E-state index contributed by atoms with van der Waals surface area (Å²) in [5.41, 5.74) is 2.24.